The fraction of sp³-hybridized carbons (Fsp3) is 0.923. The summed E-state index contributed by atoms with van der Waals surface area (Å²) in [5.74, 6) is 0.765. The monoisotopic (exact) mass is 288 g/mol. The van der Waals surface area contributed by atoms with Crippen LogP contribution in [0.2, 0.25) is 0 Å². The maximum atomic E-state index is 12.1. The Morgan fingerprint density at radius 3 is 2.21 bits per heavy atom. The number of hydrogen-bond donors (Lipinski definition) is 0. The number of ether oxygens (including phenoxy) is 1. The van der Waals surface area contributed by atoms with Crippen LogP contribution in [0.5, 0.6) is 0 Å². The third-order valence-corrected chi connectivity index (χ3v) is 5.66. The van der Waals surface area contributed by atoms with Crippen molar-refractivity contribution in [3.05, 3.63) is 0 Å². The van der Waals surface area contributed by atoms with Gasteiger partial charge in [-0.15, -0.1) is 0 Å². The summed E-state index contributed by atoms with van der Waals surface area (Å²) in [5.41, 5.74) is -0.372. The third kappa shape index (κ3) is 2.18. The minimum Gasteiger partial charge on any atom is -0.469 e. The van der Waals surface area contributed by atoms with Crippen LogP contribution < -0.4 is 0 Å². The van der Waals surface area contributed by atoms with Crippen molar-refractivity contribution in [2.45, 2.75) is 38.2 Å². The Balaban J connectivity index is 1.86. The molecule has 0 aromatic heterocycles. The number of hydrogen-bond acceptors (Lipinski definition) is 5. The fourth-order valence-corrected chi connectivity index (χ4v) is 5.52. The minimum absolute atomic E-state index is 0.121. The first-order chi connectivity index (χ1) is 8.83. The Hall–Kier alpha value is -0.620. The van der Waals surface area contributed by atoms with Gasteiger partial charge in [-0.25, -0.2) is 0 Å². The predicted molar refractivity (Wildman–Crippen MR) is 67.7 cm³/mol. The van der Waals surface area contributed by atoms with Gasteiger partial charge in [0.1, 0.15) is 0 Å². The van der Waals surface area contributed by atoms with Gasteiger partial charge in [0.2, 0.25) is 0 Å². The molecule has 4 aliphatic rings. The second kappa shape index (κ2) is 4.19. The summed E-state index contributed by atoms with van der Waals surface area (Å²) >= 11 is 0. The number of esters is 1. The molecule has 0 radical (unpaired) electrons. The van der Waals surface area contributed by atoms with E-state index in [4.69, 9.17) is 8.92 Å². The molecule has 5 nitrogen and oxygen atoms in total. The van der Waals surface area contributed by atoms with E-state index in [1.165, 1.54) is 7.11 Å². The van der Waals surface area contributed by atoms with Crippen LogP contribution in [0.4, 0.5) is 0 Å². The standard InChI is InChI=1S/C13H20O5S/c1-17-12(14)13-5-8-3-9(6-13)11(10(4-8)7-13)18-19(2,15)16/h8-11H,3-7H2,1-2H3. The van der Waals surface area contributed by atoms with Crippen molar-refractivity contribution in [1.82, 2.24) is 0 Å². The van der Waals surface area contributed by atoms with Crippen LogP contribution in [0, 0.1) is 23.2 Å². The van der Waals surface area contributed by atoms with Crippen LogP contribution in [-0.4, -0.2) is 33.9 Å². The van der Waals surface area contributed by atoms with E-state index in [-0.39, 0.29) is 29.3 Å². The quantitative estimate of drug-likeness (QED) is 0.579. The summed E-state index contributed by atoms with van der Waals surface area (Å²) in [6.07, 6.45) is 5.17. The van der Waals surface area contributed by atoms with Crippen molar-refractivity contribution in [3.63, 3.8) is 0 Å². The molecular formula is C13H20O5S. The zero-order valence-electron chi connectivity index (χ0n) is 11.3. The van der Waals surface area contributed by atoms with E-state index >= 15 is 0 Å². The van der Waals surface area contributed by atoms with Gasteiger partial charge in [0.15, 0.2) is 0 Å². The van der Waals surface area contributed by atoms with E-state index in [1.54, 1.807) is 0 Å². The second-order valence-electron chi connectivity index (χ2n) is 6.51. The van der Waals surface area contributed by atoms with Gasteiger partial charge in [-0.05, 0) is 49.9 Å². The Labute approximate surface area is 113 Å². The highest BCUT2D eigenvalue weighted by molar-refractivity contribution is 7.86. The molecule has 6 heteroatoms. The molecule has 19 heavy (non-hydrogen) atoms. The van der Waals surface area contributed by atoms with Gasteiger partial charge in [0.05, 0.1) is 24.9 Å². The molecule has 0 N–H and O–H groups in total. The number of carbonyl (C=O) groups excluding carboxylic acids is 1. The summed E-state index contributed by atoms with van der Waals surface area (Å²) in [6.45, 7) is 0. The molecule has 4 saturated carbocycles. The van der Waals surface area contributed by atoms with Gasteiger partial charge in [0.25, 0.3) is 10.1 Å². The molecule has 108 valence electrons. The van der Waals surface area contributed by atoms with Crippen LogP contribution in [-0.2, 0) is 23.8 Å². The smallest absolute Gasteiger partial charge is 0.311 e. The van der Waals surface area contributed by atoms with Gasteiger partial charge in [-0.3, -0.25) is 8.98 Å². The lowest BCUT2D eigenvalue weighted by molar-refractivity contribution is -0.178. The van der Waals surface area contributed by atoms with E-state index in [0.29, 0.717) is 18.8 Å². The average molecular weight is 288 g/mol. The Morgan fingerprint density at radius 1 is 1.16 bits per heavy atom. The molecular weight excluding hydrogens is 268 g/mol. The lowest BCUT2D eigenvalue weighted by Crippen LogP contribution is -2.57. The maximum Gasteiger partial charge on any atom is 0.311 e. The van der Waals surface area contributed by atoms with Crippen LogP contribution in [0.25, 0.3) is 0 Å². The number of methoxy groups -OCH3 is 1. The predicted octanol–water partition coefficient (Wildman–Crippen LogP) is 1.33. The van der Waals surface area contributed by atoms with Gasteiger partial charge >= 0.3 is 5.97 Å². The molecule has 4 bridgehead atoms. The summed E-state index contributed by atoms with van der Waals surface area (Å²) < 4.78 is 33.0. The van der Waals surface area contributed by atoms with Crippen LogP contribution in [0.15, 0.2) is 0 Å². The average Bonchev–Trinajstić information content (AvgIpc) is 2.30. The molecule has 0 aromatic carbocycles. The Kier molecular flexibility index (Phi) is 2.94. The van der Waals surface area contributed by atoms with E-state index in [0.717, 1.165) is 25.5 Å². The van der Waals surface area contributed by atoms with E-state index in [1.807, 2.05) is 0 Å². The van der Waals surface area contributed by atoms with Crippen molar-refractivity contribution in [2.24, 2.45) is 23.2 Å². The lowest BCUT2D eigenvalue weighted by atomic mass is 9.48. The lowest BCUT2D eigenvalue weighted by Gasteiger charge is -2.57. The SMILES string of the molecule is COC(=O)C12CC3CC(C1)C(OS(C)(=O)=O)C(C3)C2. The van der Waals surface area contributed by atoms with E-state index < -0.39 is 10.1 Å². The first-order valence-corrected chi connectivity index (χ1v) is 8.61. The Morgan fingerprint density at radius 2 is 1.74 bits per heavy atom. The zero-order chi connectivity index (χ0) is 13.8. The Bertz CT molecular complexity index is 481. The van der Waals surface area contributed by atoms with Crippen molar-refractivity contribution in [2.75, 3.05) is 13.4 Å². The third-order valence-electron chi connectivity index (χ3n) is 5.09. The molecule has 0 amide bonds. The summed E-state index contributed by atoms with van der Waals surface area (Å²) in [4.78, 5) is 12.1. The molecule has 4 aliphatic carbocycles. The minimum atomic E-state index is -3.43. The highest BCUT2D eigenvalue weighted by atomic mass is 32.2. The first kappa shape index (κ1) is 13.4. The second-order valence-corrected chi connectivity index (χ2v) is 8.11. The molecule has 0 aliphatic heterocycles. The summed E-state index contributed by atoms with van der Waals surface area (Å²) in [6, 6.07) is 0. The van der Waals surface area contributed by atoms with E-state index in [2.05, 4.69) is 0 Å². The first-order valence-electron chi connectivity index (χ1n) is 6.80. The maximum absolute atomic E-state index is 12.1. The highest BCUT2D eigenvalue weighted by Crippen LogP contribution is 2.61. The van der Waals surface area contributed by atoms with Gasteiger partial charge in [-0.1, -0.05) is 0 Å². The van der Waals surface area contributed by atoms with Gasteiger partial charge < -0.3 is 4.74 Å². The molecule has 0 saturated heterocycles. The fourth-order valence-electron chi connectivity index (χ4n) is 4.80. The van der Waals surface area contributed by atoms with Crippen molar-refractivity contribution >= 4 is 16.1 Å². The van der Waals surface area contributed by atoms with Gasteiger partial charge in [0, 0.05) is 0 Å². The molecule has 4 fully saturated rings. The zero-order valence-corrected chi connectivity index (χ0v) is 12.1. The van der Waals surface area contributed by atoms with Crippen LogP contribution >= 0.6 is 0 Å². The molecule has 0 spiro atoms. The van der Waals surface area contributed by atoms with Crippen molar-refractivity contribution in [1.29, 1.82) is 0 Å². The molecule has 4 rings (SSSR count). The molecule has 2 unspecified atom stereocenters. The van der Waals surface area contributed by atoms with Gasteiger partial charge in [-0.2, -0.15) is 8.42 Å². The molecule has 2 atom stereocenters. The van der Waals surface area contributed by atoms with Crippen molar-refractivity contribution in [3.8, 4) is 0 Å². The van der Waals surface area contributed by atoms with Crippen molar-refractivity contribution < 1.29 is 22.1 Å². The largest absolute Gasteiger partial charge is 0.469 e. The van der Waals surface area contributed by atoms with Crippen LogP contribution in [0.3, 0.4) is 0 Å². The normalized spacial score (nSPS) is 44.3. The highest BCUT2D eigenvalue weighted by Gasteiger charge is 2.60. The topological polar surface area (TPSA) is 69.7 Å². The molecule has 0 aromatic rings. The summed E-state index contributed by atoms with van der Waals surface area (Å²) in [5, 5.41) is 0. The van der Waals surface area contributed by atoms with Crippen LogP contribution in [0.1, 0.15) is 32.1 Å². The number of rotatable bonds is 3. The number of carbonyl (C=O) groups is 1. The summed E-state index contributed by atoms with van der Waals surface area (Å²) in [7, 11) is -1.99. The molecule has 0 heterocycles. The van der Waals surface area contributed by atoms with E-state index in [9.17, 15) is 13.2 Å².